The molecule has 1 nitrogen and oxygen atoms in total. The molecule has 0 heterocycles. The molecule has 0 spiro atoms. The Morgan fingerprint density at radius 1 is 0.760 bits per heavy atom. The summed E-state index contributed by atoms with van der Waals surface area (Å²) in [6.45, 7) is 17.3. The molecule has 0 aliphatic carbocycles. The van der Waals surface area contributed by atoms with E-state index in [0.717, 1.165) is 17.8 Å². The van der Waals surface area contributed by atoms with Gasteiger partial charge in [-0.25, -0.2) is 0 Å². The van der Waals surface area contributed by atoms with Crippen LogP contribution < -0.4 is 0 Å². The predicted octanol–water partition coefficient (Wildman–Crippen LogP) is 6.82. The van der Waals surface area contributed by atoms with Gasteiger partial charge in [0, 0.05) is 5.71 Å². The molecule has 2 rings (SSSR count). The van der Waals surface area contributed by atoms with Crippen LogP contribution in [0, 0.1) is 41.5 Å². The van der Waals surface area contributed by atoms with Crippen molar-refractivity contribution in [2.45, 2.75) is 61.8 Å². The average Bonchev–Trinajstić information content (AvgIpc) is 2.49. The van der Waals surface area contributed by atoms with Crippen LogP contribution in [0.25, 0.3) is 0 Å². The lowest BCUT2D eigenvalue weighted by Crippen LogP contribution is -1.98. The van der Waals surface area contributed by atoms with Crippen LogP contribution in [-0.2, 0) is 6.42 Å². The summed E-state index contributed by atoms with van der Waals surface area (Å²) >= 11 is 0. The lowest BCUT2D eigenvalue weighted by molar-refractivity contribution is 1.14. The number of aryl methyl sites for hydroxylation is 6. The van der Waals surface area contributed by atoms with Crippen molar-refractivity contribution in [2.75, 3.05) is 0 Å². The molecular formula is C24H31N. The molecule has 132 valence electrons. The van der Waals surface area contributed by atoms with Crippen molar-refractivity contribution in [1.82, 2.24) is 0 Å². The zero-order valence-corrected chi connectivity index (χ0v) is 17.0. The van der Waals surface area contributed by atoms with E-state index in [2.05, 4.69) is 85.7 Å². The SMILES string of the molecule is CC(=CCc1c(C)cc(C)cc1C)/C(C)=N/c1c(C)cc(C)cc1C. The molecule has 0 unspecified atom stereocenters. The summed E-state index contributed by atoms with van der Waals surface area (Å²) < 4.78 is 0. The van der Waals surface area contributed by atoms with Gasteiger partial charge in [-0.15, -0.1) is 0 Å². The van der Waals surface area contributed by atoms with E-state index >= 15 is 0 Å². The van der Waals surface area contributed by atoms with Crippen molar-refractivity contribution in [2.24, 2.45) is 4.99 Å². The lowest BCUT2D eigenvalue weighted by atomic mass is 9.96. The van der Waals surface area contributed by atoms with E-state index < -0.39 is 0 Å². The van der Waals surface area contributed by atoms with Gasteiger partial charge in [-0.1, -0.05) is 41.5 Å². The first-order valence-corrected chi connectivity index (χ1v) is 9.06. The van der Waals surface area contributed by atoms with Crippen LogP contribution >= 0.6 is 0 Å². The molecule has 0 fully saturated rings. The van der Waals surface area contributed by atoms with Crippen LogP contribution in [0.2, 0.25) is 0 Å². The van der Waals surface area contributed by atoms with Crippen molar-refractivity contribution in [3.8, 4) is 0 Å². The highest BCUT2D eigenvalue weighted by Crippen LogP contribution is 2.26. The molecule has 0 aromatic heterocycles. The monoisotopic (exact) mass is 333 g/mol. The third-order valence-corrected chi connectivity index (χ3v) is 4.94. The minimum Gasteiger partial charge on any atom is -0.253 e. The van der Waals surface area contributed by atoms with Crippen molar-refractivity contribution in [3.05, 3.63) is 74.9 Å². The minimum absolute atomic E-state index is 0.961. The van der Waals surface area contributed by atoms with Crippen molar-refractivity contribution in [3.63, 3.8) is 0 Å². The zero-order chi connectivity index (χ0) is 18.7. The number of aliphatic imine (C=N–C) groups is 1. The molecule has 0 radical (unpaired) electrons. The van der Waals surface area contributed by atoms with Crippen LogP contribution in [0.15, 0.2) is 40.9 Å². The molecule has 0 atom stereocenters. The maximum absolute atomic E-state index is 4.92. The second-order valence-electron chi connectivity index (χ2n) is 7.41. The van der Waals surface area contributed by atoms with E-state index in [1.165, 1.54) is 44.5 Å². The van der Waals surface area contributed by atoms with Gasteiger partial charge in [0.05, 0.1) is 5.69 Å². The summed E-state index contributed by atoms with van der Waals surface area (Å²) in [4.78, 5) is 4.92. The van der Waals surface area contributed by atoms with Crippen LogP contribution in [0.3, 0.4) is 0 Å². The summed E-state index contributed by atoms with van der Waals surface area (Å²) in [6, 6.07) is 8.95. The van der Waals surface area contributed by atoms with Gasteiger partial charge < -0.3 is 0 Å². The summed E-state index contributed by atoms with van der Waals surface area (Å²) in [5, 5.41) is 0. The fourth-order valence-electron chi connectivity index (χ4n) is 3.54. The number of allylic oxidation sites excluding steroid dienone is 2. The van der Waals surface area contributed by atoms with E-state index in [-0.39, 0.29) is 0 Å². The van der Waals surface area contributed by atoms with Crippen LogP contribution in [0.1, 0.15) is 52.8 Å². The third-order valence-electron chi connectivity index (χ3n) is 4.94. The van der Waals surface area contributed by atoms with E-state index in [9.17, 15) is 0 Å². The number of benzene rings is 2. The molecule has 0 saturated heterocycles. The van der Waals surface area contributed by atoms with Crippen LogP contribution in [-0.4, -0.2) is 5.71 Å². The van der Waals surface area contributed by atoms with Gasteiger partial charge >= 0.3 is 0 Å². The van der Waals surface area contributed by atoms with Gasteiger partial charge in [-0.3, -0.25) is 4.99 Å². The Morgan fingerprint density at radius 2 is 1.20 bits per heavy atom. The normalized spacial score (nSPS) is 12.6. The molecule has 2 aromatic rings. The van der Waals surface area contributed by atoms with E-state index in [1.807, 2.05) is 0 Å². The smallest absolute Gasteiger partial charge is 0.0691 e. The Bertz CT molecular complexity index is 804. The first-order valence-electron chi connectivity index (χ1n) is 9.06. The van der Waals surface area contributed by atoms with E-state index in [1.54, 1.807) is 0 Å². The first-order chi connectivity index (χ1) is 11.7. The van der Waals surface area contributed by atoms with Gasteiger partial charge in [-0.2, -0.15) is 0 Å². The third kappa shape index (κ3) is 4.69. The largest absolute Gasteiger partial charge is 0.253 e. The Labute approximate surface area is 153 Å². The van der Waals surface area contributed by atoms with Gasteiger partial charge in [0.15, 0.2) is 0 Å². The zero-order valence-electron chi connectivity index (χ0n) is 17.0. The molecule has 1 heteroatoms. The Hall–Kier alpha value is -2.15. The summed E-state index contributed by atoms with van der Waals surface area (Å²) in [5.74, 6) is 0. The maximum atomic E-state index is 4.92. The Balaban J connectivity index is 2.28. The van der Waals surface area contributed by atoms with E-state index in [0.29, 0.717) is 0 Å². The second-order valence-corrected chi connectivity index (χ2v) is 7.41. The fourth-order valence-corrected chi connectivity index (χ4v) is 3.54. The van der Waals surface area contributed by atoms with Crippen molar-refractivity contribution >= 4 is 11.4 Å². The van der Waals surface area contributed by atoms with Crippen molar-refractivity contribution < 1.29 is 0 Å². The highest BCUT2D eigenvalue weighted by molar-refractivity contribution is 5.99. The van der Waals surface area contributed by atoms with Crippen LogP contribution in [0.5, 0.6) is 0 Å². The van der Waals surface area contributed by atoms with Crippen molar-refractivity contribution in [1.29, 1.82) is 0 Å². The standard InChI is InChI=1S/C24H31N/c1-15-11-18(4)23(19(5)12-15)10-9-17(3)22(8)25-24-20(6)13-16(2)14-21(24)7/h9,11-14H,10H2,1-8H3/b17-9?,25-22+. The quantitative estimate of drug-likeness (QED) is 0.544. The molecule has 0 aliphatic heterocycles. The van der Waals surface area contributed by atoms with Gasteiger partial charge in [0.25, 0.3) is 0 Å². The first kappa shape index (κ1) is 19.2. The topological polar surface area (TPSA) is 12.4 Å². The predicted molar refractivity (Wildman–Crippen MR) is 112 cm³/mol. The Morgan fingerprint density at radius 3 is 1.68 bits per heavy atom. The lowest BCUT2D eigenvalue weighted by Gasteiger charge is -2.11. The molecule has 0 saturated carbocycles. The molecule has 25 heavy (non-hydrogen) atoms. The van der Waals surface area contributed by atoms with Gasteiger partial charge in [-0.05, 0) is 95.2 Å². The number of hydrogen-bond donors (Lipinski definition) is 0. The van der Waals surface area contributed by atoms with Gasteiger partial charge in [0.2, 0.25) is 0 Å². The summed E-state index contributed by atoms with van der Waals surface area (Å²) in [7, 11) is 0. The summed E-state index contributed by atoms with van der Waals surface area (Å²) in [5.41, 5.74) is 12.8. The number of rotatable bonds is 4. The molecule has 0 amide bonds. The summed E-state index contributed by atoms with van der Waals surface area (Å²) in [6.07, 6.45) is 3.27. The van der Waals surface area contributed by atoms with E-state index in [4.69, 9.17) is 4.99 Å². The maximum Gasteiger partial charge on any atom is 0.0691 e. The average molecular weight is 334 g/mol. The van der Waals surface area contributed by atoms with Gasteiger partial charge in [0.1, 0.15) is 0 Å². The molecule has 0 N–H and O–H groups in total. The molecular weight excluding hydrogens is 302 g/mol. The van der Waals surface area contributed by atoms with Crippen LogP contribution in [0.4, 0.5) is 5.69 Å². The highest BCUT2D eigenvalue weighted by atomic mass is 14.8. The highest BCUT2D eigenvalue weighted by Gasteiger charge is 2.06. The number of hydrogen-bond acceptors (Lipinski definition) is 1. The second kappa shape index (κ2) is 7.82. The Kier molecular flexibility index (Phi) is 6.00. The molecule has 0 aliphatic rings. The molecule has 0 bridgehead atoms. The number of nitrogens with zero attached hydrogens (tertiary/aromatic N) is 1. The fraction of sp³-hybridized carbons (Fsp3) is 0.375. The molecule has 2 aromatic carbocycles. The minimum atomic E-state index is 0.961.